The molecule has 0 saturated carbocycles. The van der Waals surface area contributed by atoms with Crippen LogP contribution in [0.2, 0.25) is 5.02 Å². The van der Waals surface area contributed by atoms with Gasteiger partial charge in [-0.25, -0.2) is 0 Å². The SMILES string of the molecule is Cc1ccc(-n2c(SCc3cc(Cl)c4c(c3)OCCO4)nnc2N2CCOCC2)cc1. The number of benzene rings is 2. The number of morpholine rings is 1. The molecule has 7 nitrogen and oxygen atoms in total. The van der Waals surface area contributed by atoms with E-state index in [1.807, 2.05) is 12.1 Å². The van der Waals surface area contributed by atoms with E-state index >= 15 is 0 Å². The Morgan fingerprint density at radius 3 is 2.58 bits per heavy atom. The number of ether oxygens (including phenoxy) is 3. The molecule has 1 saturated heterocycles. The van der Waals surface area contributed by atoms with Gasteiger partial charge in [0.2, 0.25) is 5.95 Å². The molecule has 5 rings (SSSR count). The maximum Gasteiger partial charge on any atom is 0.232 e. The zero-order valence-electron chi connectivity index (χ0n) is 17.2. The van der Waals surface area contributed by atoms with Gasteiger partial charge >= 0.3 is 0 Å². The van der Waals surface area contributed by atoms with Crippen LogP contribution in [0.15, 0.2) is 41.6 Å². The first kappa shape index (κ1) is 20.5. The molecule has 0 radical (unpaired) electrons. The fourth-order valence-electron chi connectivity index (χ4n) is 3.64. The average molecular weight is 459 g/mol. The summed E-state index contributed by atoms with van der Waals surface area (Å²) in [6, 6.07) is 12.3. The molecule has 1 fully saturated rings. The topological polar surface area (TPSA) is 61.6 Å². The first-order valence-electron chi connectivity index (χ1n) is 10.2. The van der Waals surface area contributed by atoms with Crippen molar-refractivity contribution >= 4 is 29.3 Å². The first-order valence-corrected chi connectivity index (χ1v) is 11.6. The minimum atomic E-state index is 0.519. The molecule has 0 spiro atoms. The summed E-state index contributed by atoms with van der Waals surface area (Å²) in [7, 11) is 0. The molecule has 9 heteroatoms. The Bertz CT molecular complexity index is 1070. The smallest absolute Gasteiger partial charge is 0.232 e. The third-order valence-electron chi connectivity index (χ3n) is 5.23. The van der Waals surface area contributed by atoms with Gasteiger partial charge in [-0.15, -0.1) is 10.2 Å². The van der Waals surface area contributed by atoms with Crippen LogP contribution in [0.1, 0.15) is 11.1 Å². The van der Waals surface area contributed by atoms with E-state index in [1.54, 1.807) is 11.8 Å². The average Bonchev–Trinajstić information content (AvgIpc) is 3.23. The highest BCUT2D eigenvalue weighted by Crippen LogP contribution is 2.40. The van der Waals surface area contributed by atoms with Crippen molar-refractivity contribution in [2.24, 2.45) is 0 Å². The number of anilines is 1. The molecule has 3 aromatic rings. The summed E-state index contributed by atoms with van der Waals surface area (Å²) in [5.74, 6) is 2.85. The van der Waals surface area contributed by atoms with Crippen molar-refractivity contribution in [1.29, 1.82) is 0 Å². The van der Waals surface area contributed by atoms with Crippen molar-refractivity contribution in [3.05, 3.63) is 52.5 Å². The Balaban J connectivity index is 1.44. The Labute approximate surface area is 190 Å². The second-order valence-electron chi connectivity index (χ2n) is 7.44. The molecule has 0 bridgehead atoms. The molecule has 162 valence electrons. The van der Waals surface area contributed by atoms with Gasteiger partial charge < -0.3 is 19.1 Å². The van der Waals surface area contributed by atoms with Crippen molar-refractivity contribution in [2.45, 2.75) is 17.8 Å². The molecule has 0 aliphatic carbocycles. The first-order chi connectivity index (χ1) is 15.2. The minimum absolute atomic E-state index is 0.519. The predicted octanol–water partition coefficient (Wildman–Crippen LogP) is 4.13. The van der Waals surface area contributed by atoms with E-state index in [-0.39, 0.29) is 0 Å². The normalized spacial score (nSPS) is 15.9. The number of hydrogen-bond donors (Lipinski definition) is 0. The lowest BCUT2D eigenvalue weighted by Gasteiger charge is -2.28. The van der Waals surface area contributed by atoms with Gasteiger partial charge in [-0.05, 0) is 36.8 Å². The van der Waals surface area contributed by atoms with Crippen LogP contribution in [0.3, 0.4) is 0 Å². The van der Waals surface area contributed by atoms with Crippen LogP contribution >= 0.6 is 23.4 Å². The van der Waals surface area contributed by atoms with E-state index < -0.39 is 0 Å². The third kappa shape index (κ3) is 4.33. The quantitative estimate of drug-likeness (QED) is 0.533. The van der Waals surface area contributed by atoms with E-state index in [1.165, 1.54) is 5.56 Å². The van der Waals surface area contributed by atoms with Gasteiger partial charge in [0.15, 0.2) is 16.7 Å². The van der Waals surface area contributed by atoms with Crippen LogP contribution in [-0.2, 0) is 10.5 Å². The van der Waals surface area contributed by atoms with Gasteiger partial charge in [0.1, 0.15) is 13.2 Å². The number of rotatable bonds is 5. The Kier molecular flexibility index (Phi) is 5.93. The highest BCUT2D eigenvalue weighted by Gasteiger charge is 2.22. The summed E-state index contributed by atoms with van der Waals surface area (Å²) in [6.45, 7) is 6.12. The second-order valence-corrected chi connectivity index (χ2v) is 8.79. The number of aryl methyl sites for hydroxylation is 1. The van der Waals surface area contributed by atoms with E-state index in [0.717, 1.165) is 35.4 Å². The molecule has 0 N–H and O–H groups in total. The van der Waals surface area contributed by atoms with Gasteiger partial charge in [-0.1, -0.05) is 41.1 Å². The Morgan fingerprint density at radius 2 is 1.77 bits per heavy atom. The minimum Gasteiger partial charge on any atom is -0.486 e. The molecule has 0 atom stereocenters. The number of nitrogens with zero attached hydrogens (tertiary/aromatic N) is 4. The molecular weight excluding hydrogens is 436 g/mol. The highest BCUT2D eigenvalue weighted by molar-refractivity contribution is 7.98. The maximum atomic E-state index is 6.41. The highest BCUT2D eigenvalue weighted by atomic mass is 35.5. The molecule has 31 heavy (non-hydrogen) atoms. The molecule has 1 aromatic heterocycles. The van der Waals surface area contributed by atoms with E-state index in [4.69, 9.17) is 25.8 Å². The zero-order chi connectivity index (χ0) is 21.2. The number of aromatic nitrogens is 3. The summed E-state index contributed by atoms with van der Waals surface area (Å²) in [5, 5.41) is 10.5. The van der Waals surface area contributed by atoms with Gasteiger partial charge in [-0.2, -0.15) is 0 Å². The molecule has 3 heterocycles. The van der Waals surface area contributed by atoms with Crippen molar-refractivity contribution < 1.29 is 14.2 Å². The molecule has 2 aliphatic heterocycles. The van der Waals surface area contributed by atoms with Crippen LogP contribution in [0.25, 0.3) is 5.69 Å². The van der Waals surface area contributed by atoms with Crippen LogP contribution in [0, 0.1) is 6.92 Å². The summed E-state index contributed by atoms with van der Waals surface area (Å²) in [6.07, 6.45) is 0. The fraction of sp³-hybridized carbons (Fsp3) is 0.364. The summed E-state index contributed by atoms with van der Waals surface area (Å²) >= 11 is 8.03. The molecule has 0 unspecified atom stereocenters. The van der Waals surface area contributed by atoms with Gasteiger partial charge in [0, 0.05) is 18.8 Å². The number of hydrogen-bond acceptors (Lipinski definition) is 7. The van der Waals surface area contributed by atoms with Gasteiger partial charge in [-0.3, -0.25) is 4.57 Å². The zero-order valence-corrected chi connectivity index (χ0v) is 18.8. The van der Waals surface area contributed by atoms with Crippen molar-refractivity contribution in [1.82, 2.24) is 14.8 Å². The number of thioether (sulfide) groups is 1. The van der Waals surface area contributed by atoms with Gasteiger partial charge in [0.25, 0.3) is 0 Å². The monoisotopic (exact) mass is 458 g/mol. The summed E-state index contributed by atoms with van der Waals surface area (Å²) in [4.78, 5) is 2.22. The van der Waals surface area contributed by atoms with Crippen molar-refractivity contribution in [2.75, 3.05) is 44.4 Å². The number of fused-ring (bicyclic) bond motifs is 1. The molecule has 0 amide bonds. The lowest BCUT2D eigenvalue weighted by Crippen LogP contribution is -2.37. The second kappa shape index (κ2) is 8.98. The molecule has 2 aromatic carbocycles. The predicted molar refractivity (Wildman–Crippen MR) is 121 cm³/mol. The third-order valence-corrected chi connectivity index (χ3v) is 6.51. The standard InChI is InChI=1S/C22H23ClN4O3S/c1-15-2-4-17(5-3-15)27-21(26-6-8-28-9-7-26)24-25-22(27)31-14-16-12-18(23)20-19(13-16)29-10-11-30-20/h2-5,12-13H,6-11,14H2,1H3. The van der Waals surface area contributed by atoms with E-state index in [2.05, 4.69) is 50.9 Å². The van der Waals surface area contributed by atoms with Gasteiger partial charge in [0.05, 0.1) is 23.9 Å². The van der Waals surface area contributed by atoms with E-state index in [0.29, 0.717) is 48.7 Å². The lowest BCUT2D eigenvalue weighted by molar-refractivity contribution is 0.122. The van der Waals surface area contributed by atoms with Crippen LogP contribution in [-0.4, -0.2) is 54.3 Å². The van der Waals surface area contributed by atoms with Crippen molar-refractivity contribution in [3.8, 4) is 17.2 Å². The van der Waals surface area contributed by atoms with Crippen LogP contribution in [0.5, 0.6) is 11.5 Å². The van der Waals surface area contributed by atoms with Crippen molar-refractivity contribution in [3.63, 3.8) is 0 Å². The summed E-state index contributed by atoms with van der Waals surface area (Å²) in [5.41, 5.74) is 3.30. The summed E-state index contributed by atoms with van der Waals surface area (Å²) < 4.78 is 19.0. The Hall–Kier alpha value is -2.42. The lowest BCUT2D eigenvalue weighted by atomic mass is 10.2. The van der Waals surface area contributed by atoms with Crippen LogP contribution < -0.4 is 14.4 Å². The number of halogens is 1. The van der Waals surface area contributed by atoms with E-state index in [9.17, 15) is 0 Å². The molecule has 2 aliphatic rings. The molecular formula is C22H23ClN4O3S. The Morgan fingerprint density at radius 1 is 1.00 bits per heavy atom. The van der Waals surface area contributed by atoms with Crippen LogP contribution in [0.4, 0.5) is 5.95 Å². The largest absolute Gasteiger partial charge is 0.486 e. The maximum absolute atomic E-state index is 6.41. The fourth-order valence-corrected chi connectivity index (χ4v) is 4.80.